The molecule has 10 nitrogen and oxygen atoms in total. The smallest absolute Gasteiger partial charge is 0.160 e. The molecule has 126 heavy (non-hydrogen) atoms. The predicted molar refractivity (Wildman–Crippen MR) is 528 cm³/mol. The zero-order valence-electron chi connectivity index (χ0n) is 67.6. The Morgan fingerprint density at radius 3 is 0.730 bits per heavy atom. The van der Waals surface area contributed by atoms with Crippen molar-refractivity contribution in [2.45, 2.75) is 7.43 Å². The van der Waals surface area contributed by atoms with Crippen molar-refractivity contribution < 1.29 is 0 Å². The van der Waals surface area contributed by atoms with E-state index in [2.05, 4.69) is 338 Å². The van der Waals surface area contributed by atoms with E-state index < -0.39 is 0 Å². The highest BCUT2D eigenvalue weighted by Crippen LogP contribution is 2.42. The number of hydrogen-bond donors (Lipinski definition) is 2. The average Bonchev–Trinajstić information content (AvgIpc) is 1.59. The van der Waals surface area contributed by atoms with Crippen LogP contribution in [0.4, 0.5) is 0 Å². The van der Waals surface area contributed by atoms with Gasteiger partial charge >= 0.3 is 0 Å². The van der Waals surface area contributed by atoms with Crippen molar-refractivity contribution in [3.63, 3.8) is 0 Å². The van der Waals surface area contributed by atoms with E-state index in [0.717, 1.165) is 139 Å². The lowest BCUT2D eigenvalue weighted by molar-refractivity contribution is 1.17. The van der Waals surface area contributed by atoms with Crippen LogP contribution in [0.3, 0.4) is 0 Å². The second-order valence-corrected chi connectivity index (χ2v) is 32.1. The van der Waals surface area contributed by atoms with Crippen LogP contribution in [-0.4, -0.2) is 49.0 Å². The van der Waals surface area contributed by atoms with E-state index in [4.69, 9.17) is 29.9 Å². The Morgan fingerprint density at radius 1 is 0.175 bits per heavy atom. The molecule has 2 N–H and O–H groups in total. The highest BCUT2D eigenvalue weighted by Gasteiger charge is 2.21. The predicted octanol–water partition coefficient (Wildman–Crippen LogP) is 30.6. The third-order valence-electron chi connectivity index (χ3n) is 23.5. The van der Waals surface area contributed by atoms with Crippen LogP contribution in [0.25, 0.3) is 223 Å². The van der Waals surface area contributed by atoms with Crippen LogP contribution >= 0.6 is 15.9 Å². The minimum Gasteiger partial charge on any atom is -0.354 e. The molecule has 0 saturated carbocycles. The normalized spacial score (nSPS) is 11.3. The summed E-state index contributed by atoms with van der Waals surface area (Å²) in [4.78, 5) is 36.9. The number of hydrogen-bond acceptors (Lipinski definition) is 6. The molecule has 11 heteroatoms. The first kappa shape index (κ1) is 77.0. The van der Waals surface area contributed by atoms with Gasteiger partial charge in [-0.25, -0.2) is 29.9 Å². The molecule has 0 saturated heterocycles. The quantitative estimate of drug-likeness (QED) is 0.119. The molecule has 24 aromatic rings. The van der Waals surface area contributed by atoms with Crippen molar-refractivity contribution in [2.24, 2.45) is 0 Å². The second-order valence-electron chi connectivity index (χ2n) is 31.2. The van der Waals surface area contributed by atoms with Gasteiger partial charge in [-0.15, -0.1) is 0 Å². The molecule has 0 aliphatic heterocycles. The van der Waals surface area contributed by atoms with E-state index in [-0.39, 0.29) is 7.43 Å². The molecular formula is C115H79BrN10. The van der Waals surface area contributed by atoms with Crippen molar-refractivity contribution in [3.8, 4) is 135 Å². The summed E-state index contributed by atoms with van der Waals surface area (Å²) in [5, 5.41) is 9.93. The number of aromatic amines is 2. The molecule has 0 spiro atoms. The van der Waals surface area contributed by atoms with Gasteiger partial charge in [0, 0.05) is 131 Å². The Morgan fingerprint density at radius 2 is 0.405 bits per heavy atom. The van der Waals surface area contributed by atoms with Gasteiger partial charge < -0.3 is 19.1 Å². The van der Waals surface area contributed by atoms with Crippen LogP contribution in [0.2, 0.25) is 0 Å². The molecule has 0 radical (unpaired) electrons. The first-order valence-electron chi connectivity index (χ1n) is 41.9. The van der Waals surface area contributed by atoms with Crippen LogP contribution in [0.1, 0.15) is 7.43 Å². The fourth-order valence-corrected chi connectivity index (χ4v) is 17.6. The summed E-state index contributed by atoms with van der Waals surface area (Å²) in [5.41, 5.74) is 30.8. The number of para-hydroxylation sites is 4. The molecule has 0 atom stereocenters. The molecule has 7 heterocycles. The molecule has 0 unspecified atom stereocenters. The molecule has 17 aromatic carbocycles. The standard InChI is InChI=1S/C68H44N6.C24H16N2.C22H15BrN2.CH4/c1-5-17-45(18-6-1)59-43-61(71-67(69-59)49-21-9-3-10-22-49)47-29-35-53(36-30-47)73-63-27-15-13-25-55(63)57-39-33-51(41-65(57)73)52-34-40-58-56-26-14-16-28-64(56)74(66(58)42-52)54-37-31-48(32-38-54)62-44-60(46-19-7-2-8-20-46)70-68(72-62)50-23-11-4-12-24-50;1-3-7-21-17(5-1)19-11-9-15(13-23(19)25-21)16-10-12-20-18-6-2-4-8-22(18)26-24(20)14-16;23-19-13-11-17(12-14-19)21-15-20(16-7-3-1-4-8-16)24-22(25-21)18-9-5-2-6-10-18;/h1-44H;1-14,25-26H;1-15H;1H4. The molecule has 596 valence electrons. The maximum atomic E-state index is 5.11. The van der Waals surface area contributed by atoms with E-state index in [1.807, 2.05) is 140 Å². The number of benzene rings is 17. The summed E-state index contributed by atoms with van der Waals surface area (Å²) >= 11 is 3.49. The Bertz CT molecular complexity index is 7540. The van der Waals surface area contributed by atoms with Gasteiger partial charge in [-0.1, -0.05) is 363 Å². The fourth-order valence-electron chi connectivity index (χ4n) is 17.3. The molecule has 7 aromatic heterocycles. The van der Waals surface area contributed by atoms with Crippen molar-refractivity contribution in [2.75, 3.05) is 0 Å². The Hall–Kier alpha value is -16.3. The van der Waals surface area contributed by atoms with Gasteiger partial charge in [-0.05, 0) is 125 Å². The lowest BCUT2D eigenvalue weighted by atomic mass is 10.0. The Labute approximate surface area is 737 Å². The minimum absolute atomic E-state index is 0. The molecular weight excluding hydrogens is 1600 g/mol. The Balaban J connectivity index is 0.000000150. The summed E-state index contributed by atoms with van der Waals surface area (Å²) < 4.78 is 5.84. The first-order valence-corrected chi connectivity index (χ1v) is 42.7. The number of nitrogens with zero attached hydrogens (tertiary/aromatic N) is 8. The number of rotatable bonds is 13. The monoisotopic (exact) mass is 1680 g/mol. The van der Waals surface area contributed by atoms with E-state index in [9.17, 15) is 0 Å². The van der Waals surface area contributed by atoms with Crippen LogP contribution in [0, 0.1) is 0 Å². The summed E-state index contributed by atoms with van der Waals surface area (Å²) in [6, 6.07) is 155. The largest absolute Gasteiger partial charge is 0.354 e. The molecule has 0 fully saturated rings. The van der Waals surface area contributed by atoms with Gasteiger partial charge in [-0.3, -0.25) is 0 Å². The van der Waals surface area contributed by atoms with Crippen molar-refractivity contribution in [1.82, 2.24) is 49.0 Å². The minimum atomic E-state index is 0. The van der Waals surface area contributed by atoms with E-state index >= 15 is 0 Å². The van der Waals surface area contributed by atoms with Crippen LogP contribution < -0.4 is 0 Å². The number of fused-ring (bicyclic) bond motifs is 12. The third-order valence-corrected chi connectivity index (χ3v) is 24.0. The van der Waals surface area contributed by atoms with Gasteiger partial charge in [0.25, 0.3) is 0 Å². The van der Waals surface area contributed by atoms with E-state index in [0.29, 0.717) is 11.6 Å². The topological polar surface area (TPSA) is 119 Å². The molecule has 24 rings (SSSR count). The number of nitrogens with one attached hydrogen (secondary N) is 2. The van der Waals surface area contributed by atoms with Crippen molar-refractivity contribution in [1.29, 1.82) is 0 Å². The summed E-state index contributed by atoms with van der Waals surface area (Å²) in [6.45, 7) is 0. The summed E-state index contributed by atoms with van der Waals surface area (Å²) in [5.74, 6) is 2.14. The number of halogens is 1. The van der Waals surface area contributed by atoms with E-state index in [1.54, 1.807) is 0 Å². The van der Waals surface area contributed by atoms with Gasteiger partial charge in [0.15, 0.2) is 17.5 Å². The van der Waals surface area contributed by atoms with Gasteiger partial charge in [0.05, 0.1) is 56.2 Å². The summed E-state index contributed by atoms with van der Waals surface area (Å²) in [6.07, 6.45) is 0. The SMILES string of the molecule is Brc1ccc(-c2cc(-c3ccccc3)nc(-c3ccccc3)n2)cc1.C.c1ccc(-c2cc(-c3ccc(-n4c5ccccc5c5ccc(-c6ccc7c8ccccc8n(-c8ccc(-c9cc(-c%10ccccc%10)nc(-c%10ccccc%10)n9)cc8)c7c6)cc54)cc3)nc(-c3ccccc3)n2)cc1.c1ccc2c(c1)[nH]c1cc(-c3ccc4c(c3)[nH]c3ccccc34)ccc12. The maximum absolute atomic E-state index is 5.11. The highest BCUT2D eigenvalue weighted by atomic mass is 79.9. The third kappa shape index (κ3) is 15.0. The van der Waals surface area contributed by atoms with E-state index in [1.165, 1.54) is 76.3 Å². The lowest BCUT2D eigenvalue weighted by Gasteiger charge is -2.12. The summed E-state index contributed by atoms with van der Waals surface area (Å²) in [7, 11) is 0. The molecule has 0 aliphatic rings. The number of H-pyrrole nitrogens is 2. The zero-order valence-corrected chi connectivity index (χ0v) is 69.2. The first-order chi connectivity index (χ1) is 61.8. The van der Waals surface area contributed by atoms with Gasteiger partial charge in [0.1, 0.15) is 0 Å². The second kappa shape index (κ2) is 33.6. The van der Waals surface area contributed by atoms with Crippen LogP contribution in [0.5, 0.6) is 0 Å². The maximum Gasteiger partial charge on any atom is 0.160 e. The fraction of sp³-hybridized carbons (Fsp3) is 0.00870. The Kier molecular flexibility index (Phi) is 20.5. The molecule has 0 bridgehead atoms. The van der Waals surface area contributed by atoms with Crippen molar-refractivity contribution >= 4 is 103 Å². The lowest BCUT2D eigenvalue weighted by Crippen LogP contribution is -1.97. The highest BCUT2D eigenvalue weighted by molar-refractivity contribution is 9.10. The van der Waals surface area contributed by atoms with Gasteiger partial charge in [-0.2, -0.15) is 0 Å². The van der Waals surface area contributed by atoms with Crippen molar-refractivity contribution in [3.05, 3.63) is 447 Å². The van der Waals surface area contributed by atoms with Crippen LogP contribution in [-0.2, 0) is 0 Å². The number of aromatic nitrogens is 10. The average molecular weight is 1680 g/mol. The molecule has 0 amide bonds. The van der Waals surface area contributed by atoms with Gasteiger partial charge in [0.2, 0.25) is 0 Å². The zero-order chi connectivity index (χ0) is 83.1. The molecule has 0 aliphatic carbocycles. The van der Waals surface area contributed by atoms with Crippen LogP contribution in [0.15, 0.2) is 447 Å².